The molecule has 23 heavy (non-hydrogen) atoms. The van der Waals surface area contributed by atoms with Crippen LogP contribution in [-0.2, 0) is 10.1 Å². The van der Waals surface area contributed by atoms with Gasteiger partial charge in [-0.25, -0.2) is 0 Å². The molecule has 0 aliphatic heterocycles. The summed E-state index contributed by atoms with van der Waals surface area (Å²) in [5, 5.41) is 0.104. The number of pyridine rings is 1. The van der Waals surface area contributed by atoms with Crippen molar-refractivity contribution < 1.29 is 12.6 Å². The number of halogens is 1. The van der Waals surface area contributed by atoms with E-state index in [0.29, 0.717) is 10.9 Å². The lowest BCUT2D eigenvalue weighted by molar-refractivity contribution is 0.488. The third-order valence-electron chi connectivity index (χ3n) is 3.32. The van der Waals surface area contributed by atoms with Crippen LogP contribution in [0.25, 0.3) is 10.9 Å². The molecule has 0 saturated heterocycles. The molecule has 3 rings (SSSR count). The zero-order valence-electron chi connectivity index (χ0n) is 12.0. The van der Waals surface area contributed by atoms with Crippen LogP contribution in [0.4, 0.5) is 0 Å². The van der Waals surface area contributed by atoms with E-state index < -0.39 is 15.7 Å². The Hall–Kier alpha value is -2.31. The number of hydrogen-bond acceptors (Lipinski definition) is 4. The van der Waals surface area contributed by atoms with Gasteiger partial charge in [-0.1, -0.05) is 41.4 Å². The van der Waals surface area contributed by atoms with Gasteiger partial charge in [0, 0.05) is 5.39 Å². The Bertz CT molecular complexity index is 1040. The number of fused-ring (bicyclic) bond motifs is 1. The number of nitrogens with one attached hydrogen (secondary N) is 1. The average molecular weight is 350 g/mol. The van der Waals surface area contributed by atoms with Crippen LogP contribution in [0.15, 0.2) is 58.2 Å². The molecule has 118 valence electrons. The first-order valence-corrected chi connectivity index (χ1v) is 8.49. The molecule has 0 bridgehead atoms. The number of rotatable bonds is 3. The molecule has 0 atom stereocenters. The largest absolute Gasteiger partial charge is 0.376 e. The second-order valence-electron chi connectivity index (χ2n) is 4.99. The predicted octanol–water partition coefficient (Wildman–Crippen LogP) is 3.26. The topological polar surface area (TPSA) is 76.2 Å². The average Bonchev–Trinajstić information content (AvgIpc) is 2.52. The summed E-state index contributed by atoms with van der Waals surface area (Å²) in [7, 11) is -4.10. The van der Waals surface area contributed by atoms with Crippen molar-refractivity contribution in [2.75, 3.05) is 0 Å². The van der Waals surface area contributed by atoms with E-state index in [0.717, 1.165) is 5.56 Å². The van der Waals surface area contributed by atoms with Crippen LogP contribution in [-0.4, -0.2) is 13.4 Å². The van der Waals surface area contributed by atoms with Gasteiger partial charge >= 0.3 is 10.1 Å². The van der Waals surface area contributed by atoms with E-state index in [4.69, 9.17) is 15.8 Å². The lowest BCUT2D eigenvalue weighted by atomic mass is 10.2. The fraction of sp³-hybridized carbons (Fsp3) is 0.0625. The fourth-order valence-electron chi connectivity index (χ4n) is 2.13. The molecule has 2 aromatic carbocycles. The van der Waals surface area contributed by atoms with Crippen LogP contribution in [0.5, 0.6) is 5.75 Å². The highest BCUT2D eigenvalue weighted by atomic mass is 35.5. The van der Waals surface area contributed by atoms with E-state index in [2.05, 4.69) is 4.98 Å². The summed E-state index contributed by atoms with van der Waals surface area (Å²) in [6, 6.07) is 12.9. The summed E-state index contributed by atoms with van der Waals surface area (Å²) < 4.78 is 30.0. The lowest BCUT2D eigenvalue weighted by Gasteiger charge is -2.11. The van der Waals surface area contributed by atoms with E-state index in [9.17, 15) is 13.2 Å². The van der Waals surface area contributed by atoms with Gasteiger partial charge < -0.3 is 9.17 Å². The van der Waals surface area contributed by atoms with Crippen molar-refractivity contribution in [1.29, 1.82) is 0 Å². The number of aryl methyl sites for hydroxylation is 1. The highest BCUT2D eigenvalue weighted by Gasteiger charge is 2.21. The van der Waals surface area contributed by atoms with Crippen molar-refractivity contribution in [2.45, 2.75) is 11.8 Å². The van der Waals surface area contributed by atoms with Gasteiger partial charge in [-0.15, -0.1) is 0 Å². The molecule has 1 aromatic heterocycles. The summed E-state index contributed by atoms with van der Waals surface area (Å²) in [4.78, 5) is 14.4. The molecule has 1 heterocycles. The first kappa shape index (κ1) is 15.6. The van der Waals surface area contributed by atoms with E-state index in [-0.39, 0.29) is 15.7 Å². The first-order chi connectivity index (χ1) is 10.9. The molecule has 0 spiro atoms. The van der Waals surface area contributed by atoms with Crippen molar-refractivity contribution in [1.82, 2.24) is 4.98 Å². The van der Waals surface area contributed by atoms with E-state index in [1.54, 1.807) is 36.4 Å². The van der Waals surface area contributed by atoms with Gasteiger partial charge in [-0.05, 0) is 31.2 Å². The van der Waals surface area contributed by atoms with Crippen LogP contribution < -0.4 is 9.74 Å². The van der Waals surface area contributed by atoms with Gasteiger partial charge in [0.05, 0.1) is 5.52 Å². The molecule has 5 nitrogen and oxygen atoms in total. The number of para-hydroxylation sites is 1. The van der Waals surface area contributed by atoms with Crippen molar-refractivity contribution >= 4 is 32.6 Å². The second-order valence-corrected chi connectivity index (χ2v) is 6.92. The zero-order valence-corrected chi connectivity index (χ0v) is 13.6. The Kier molecular flexibility index (Phi) is 3.87. The highest BCUT2D eigenvalue weighted by Crippen LogP contribution is 2.31. The number of H-pyrrole nitrogens is 1. The molecule has 3 aromatic rings. The van der Waals surface area contributed by atoms with Gasteiger partial charge in [0.15, 0.2) is 10.8 Å². The molecule has 7 heteroatoms. The standard InChI is InChI=1S/C16H12ClNO4S/c1-10-6-8-11(9-7-10)23(20,21)22-15-12-4-2-3-5-13(12)18-16(19)14(15)17/h2-9H,1H3,(H,18,19). The minimum atomic E-state index is -4.10. The normalized spacial score (nSPS) is 11.6. The molecule has 0 radical (unpaired) electrons. The van der Waals surface area contributed by atoms with Gasteiger partial charge in [0.25, 0.3) is 5.56 Å². The van der Waals surface area contributed by atoms with Crippen molar-refractivity contribution in [3.63, 3.8) is 0 Å². The molecule has 0 aliphatic carbocycles. The van der Waals surface area contributed by atoms with Crippen LogP contribution in [0, 0.1) is 6.92 Å². The van der Waals surface area contributed by atoms with E-state index >= 15 is 0 Å². The van der Waals surface area contributed by atoms with Crippen molar-refractivity contribution in [3.05, 3.63) is 69.5 Å². The Morgan fingerprint density at radius 3 is 2.39 bits per heavy atom. The van der Waals surface area contributed by atoms with Gasteiger partial charge in [0.2, 0.25) is 0 Å². The maximum absolute atomic E-state index is 12.4. The van der Waals surface area contributed by atoms with Crippen LogP contribution >= 0.6 is 11.6 Å². The quantitative estimate of drug-likeness (QED) is 0.736. The van der Waals surface area contributed by atoms with E-state index in [1.165, 1.54) is 12.1 Å². The molecule has 0 fully saturated rings. The second kappa shape index (κ2) is 5.72. The summed E-state index contributed by atoms with van der Waals surface area (Å²) in [5.74, 6) is -0.174. The number of aromatic amines is 1. The third kappa shape index (κ3) is 2.95. The predicted molar refractivity (Wildman–Crippen MR) is 88.6 cm³/mol. The molecule has 1 N–H and O–H groups in total. The smallest absolute Gasteiger partial charge is 0.339 e. The van der Waals surface area contributed by atoms with Gasteiger partial charge in [0.1, 0.15) is 4.90 Å². The molecular weight excluding hydrogens is 338 g/mol. The van der Waals surface area contributed by atoms with Crippen molar-refractivity contribution in [2.24, 2.45) is 0 Å². The van der Waals surface area contributed by atoms with Gasteiger partial charge in [-0.2, -0.15) is 8.42 Å². The Balaban J connectivity index is 2.16. The van der Waals surface area contributed by atoms with Gasteiger partial charge in [-0.3, -0.25) is 4.79 Å². The number of hydrogen-bond donors (Lipinski definition) is 1. The zero-order chi connectivity index (χ0) is 16.6. The molecule has 0 unspecified atom stereocenters. The van der Waals surface area contributed by atoms with Crippen LogP contribution in [0.3, 0.4) is 0 Å². The molecular formula is C16H12ClNO4S. The lowest BCUT2D eigenvalue weighted by Crippen LogP contribution is -2.14. The summed E-state index contributed by atoms with van der Waals surface area (Å²) >= 11 is 5.96. The Labute approximate surface area is 137 Å². The van der Waals surface area contributed by atoms with Crippen molar-refractivity contribution in [3.8, 4) is 5.75 Å². The summed E-state index contributed by atoms with van der Waals surface area (Å²) in [6.45, 7) is 1.85. The fourth-order valence-corrected chi connectivity index (χ4v) is 3.32. The Morgan fingerprint density at radius 1 is 1.04 bits per heavy atom. The molecule has 0 aliphatic rings. The number of benzene rings is 2. The molecule has 0 amide bonds. The summed E-state index contributed by atoms with van der Waals surface area (Å²) in [6.07, 6.45) is 0. The first-order valence-electron chi connectivity index (χ1n) is 6.70. The minimum absolute atomic E-state index is 0.0106. The monoisotopic (exact) mass is 349 g/mol. The van der Waals surface area contributed by atoms with Crippen LogP contribution in [0.1, 0.15) is 5.56 Å². The third-order valence-corrected chi connectivity index (χ3v) is 4.90. The minimum Gasteiger partial charge on any atom is -0.376 e. The highest BCUT2D eigenvalue weighted by molar-refractivity contribution is 7.87. The maximum atomic E-state index is 12.4. The number of aromatic nitrogens is 1. The van der Waals surface area contributed by atoms with Crippen LogP contribution in [0.2, 0.25) is 5.02 Å². The Morgan fingerprint density at radius 2 is 1.70 bits per heavy atom. The maximum Gasteiger partial charge on any atom is 0.339 e. The summed E-state index contributed by atoms with van der Waals surface area (Å²) in [5.41, 5.74) is 0.749. The SMILES string of the molecule is Cc1ccc(S(=O)(=O)Oc2c(Cl)c(=O)[nH]c3ccccc23)cc1. The molecule has 0 saturated carbocycles. The van der Waals surface area contributed by atoms with E-state index in [1.807, 2.05) is 6.92 Å².